The van der Waals surface area contributed by atoms with Crippen LogP contribution in [-0.2, 0) is 20.2 Å². The highest BCUT2D eigenvalue weighted by molar-refractivity contribution is 7.86. The first kappa shape index (κ1) is 47.3. The predicted molar refractivity (Wildman–Crippen MR) is 225 cm³/mol. The van der Waals surface area contributed by atoms with Gasteiger partial charge in [0.05, 0.1) is 25.4 Å². The molecule has 0 bridgehead atoms. The van der Waals surface area contributed by atoms with Crippen LogP contribution in [0, 0.1) is 0 Å². The van der Waals surface area contributed by atoms with Crippen LogP contribution in [0.5, 0.6) is 0 Å². The van der Waals surface area contributed by atoms with Crippen LogP contribution in [0.3, 0.4) is 0 Å². The molecule has 26 heteroatoms. The van der Waals surface area contributed by atoms with Crippen LogP contribution in [0.2, 0.25) is 0 Å². The highest BCUT2D eigenvalue weighted by Crippen LogP contribution is 2.28. The molecule has 4 rings (SSSR count). The molecule has 2 aromatic heterocycles. The fraction of sp³-hybridized carbons (Fsp3) is 0.412. The Hall–Kier alpha value is -5.42. The lowest BCUT2D eigenvalue weighted by Gasteiger charge is -2.13. The summed E-state index contributed by atoms with van der Waals surface area (Å²) in [6, 6.07) is 7.80. The molecular weight excluding hydrogens is 829 g/mol. The first-order valence-corrected chi connectivity index (χ1v) is 21.3. The van der Waals surface area contributed by atoms with Crippen molar-refractivity contribution in [3.63, 3.8) is 0 Å². The Balaban J connectivity index is 1.60. The molecule has 4 aromatic rings. The van der Waals surface area contributed by atoms with Crippen LogP contribution in [0.25, 0.3) is 12.2 Å². The highest BCUT2D eigenvalue weighted by atomic mass is 32.2. The van der Waals surface area contributed by atoms with Gasteiger partial charge < -0.3 is 63.0 Å². The molecule has 0 saturated heterocycles. The summed E-state index contributed by atoms with van der Waals surface area (Å²) in [4.78, 5) is 24.5. The molecule has 2 heterocycles. The largest absolute Gasteiger partial charge is 0.395 e. The monoisotopic (exact) mass is 878 g/mol. The van der Waals surface area contributed by atoms with E-state index < -0.39 is 42.2 Å². The lowest BCUT2D eigenvalue weighted by Crippen LogP contribution is -2.25. The quantitative estimate of drug-likeness (QED) is 0.0220. The number of rotatable bonds is 26. The van der Waals surface area contributed by atoms with Crippen molar-refractivity contribution in [2.45, 2.75) is 35.8 Å². The number of aliphatic hydroxyl groups is 4. The molecule has 24 nitrogen and oxygen atoms in total. The molecule has 0 fully saturated rings. The third-order valence-corrected chi connectivity index (χ3v) is 9.49. The van der Waals surface area contributed by atoms with Gasteiger partial charge in [-0.1, -0.05) is 24.3 Å². The van der Waals surface area contributed by atoms with Crippen molar-refractivity contribution >= 4 is 79.5 Å². The molecule has 0 radical (unpaired) electrons. The van der Waals surface area contributed by atoms with E-state index in [1.165, 1.54) is 36.4 Å². The molecule has 2 unspecified atom stereocenters. The molecule has 0 amide bonds. The van der Waals surface area contributed by atoms with Crippen LogP contribution >= 0.6 is 0 Å². The van der Waals surface area contributed by atoms with Crippen molar-refractivity contribution in [3.8, 4) is 0 Å². The second-order valence-electron chi connectivity index (χ2n) is 12.9. The molecule has 0 aliphatic rings. The second-order valence-corrected chi connectivity index (χ2v) is 15.7. The zero-order valence-corrected chi connectivity index (χ0v) is 34.3. The number of hydrogen-bond donors (Lipinski definition) is 14. The van der Waals surface area contributed by atoms with Gasteiger partial charge in [-0.05, 0) is 49.2 Å². The minimum absolute atomic E-state index is 0.0246. The standard InChI is InChI=1S/C34H50N14O10S2/c1-21(51)19-39-31-43-29(37-11-9-35-13-15-49)45-33(47-31)41-25-7-5-23(27(17-25)59(53,54)55)3-4-24-6-8-26(18-28(24)60(56,57)58)42-34-46-30(38-12-10-36-14-16-50)44-32(48-34)40-20-22(2)52/h3-8,17-18,21-22,35-36,49-52H,9-16,19-20H2,1-2H3,(H,53,54,55)(H,56,57,58)(H3,37,39,41,43,45,47)(H3,38,40,42,44,46,48)/b4-3+. The van der Waals surface area contributed by atoms with Gasteiger partial charge in [0.25, 0.3) is 20.2 Å². The summed E-state index contributed by atoms with van der Waals surface area (Å²) >= 11 is 0. The Labute approximate surface area is 346 Å². The van der Waals surface area contributed by atoms with Gasteiger partial charge in [-0.15, -0.1) is 0 Å². The Bertz CT molecular complexity index is 2110. The number of benzene rings is 2. The Morgan fingerprint density at radius 3 is 1.22 bits per heavy atom. The maximum atomic E-state index is 12.6. The van der Waals surface area contributed by atoms with Crippen LogP contribution in [-0.4, -0.2) is 154 Å². The van der Waals surface area contributed by atoms with Crippen LogP contribution in [0.1, 0.15) is 25.0 Å². The second kappa shape index (κ2) is 22.8. The van der Waals surface area contributed by atoms with Gasteiger partial charge >= 0.3 is 0 Å². The summed E-state index contributed by atoms with van der Waals surface area (Å²) in [5, 5.41) is 60.9. The van der Waals surface area contributed by atoms with Crippen molar-refractivity contribution in [2.75, 3.05) is 97.5 Å². The summed E-state index contributed by atoms with van der Waals surface area (Å²) in [6.45, 7) is 5.76. The predicted octanol–water partition coefficient (Wildman–Crippen LogP) is -0.219. The Morgan fingerprint density at radius 2 is 0.883 bits per heavy atom. The Morgan fingerprint density at radius 1 is 0.533 bits per heavy atom. The summed E-state index contributed by atoms with van der Waals surface area (Å²) in [5.74, 6) is 0.411. The average molecular weight is 879 g/mol. The molecule has 14 N–H and O–H groups in total. The van der Waals surface area contributed by atoms with E-state index in [0.29, 0.717) is 39.3 Å². The topological polar surface area (TPSA) is 363 Å². The van der Waals surface area contributed by atoms with Gasteiger partial charge in [0.1, 0.15) is 9.79 Å². The molecule has 0 saturated carbocycles. The van der Waals surface area contributed by atoms with Gasteiger partial charge in [-0.25, -0.2) is 0 Å². The third kappa shape index (κ3) is 16.0. The highest BCUT2D eigenvalue weighted by Gasteiger charge is 2.19. The molecule has 0 aliphatic carbocycles. The van der Waals surface area contributed by atoms with Crippen molar-refractivity contribution in [3.05, 3.63) is 47.5 Å². The fourth-order valence-electron chi connectivity index (χ4n) is 4.98. The van der Waals surface area contributed by atoms with Crippen LogP contribution in [0.4, 0.5) is 47.1 Å². The van der Waals surface area contributed by atoms with Gasteiger partial charge in [0.15, 0.2) is 0 Å². The van der Waals surface area contributed by atoms with Gasteiger partial charge in [-0.3, -0.25) is 9.11 Å². The lowest BCUT2D eigenvalue weighted by atomic mass is 10.1. The molecule has 2 aromatic carbocycles. The molecule has 2 atom stereocenters. The lowest BCUT2D eigenvalue weighted by molar-refractivity contribution is 0.207. The van der Waals surface area contributed by atoms with E-state index >= 15 is 0 Å². The summed E-state index contributed by atoms with van der Waals surface area (Å²) in [5.41, 5.74) is 0.175. The first-order chi connectivity index (χ1) is 28.5. The summed E-state index contributed by atoms with van der Waals surface area (Å²) in [7, 11) is -9.74. The van der Waals surface area contributed by atoms with E-state index in [4.69, 9.17) is 10.2 Å². The number of aromatic nitrogens is 6. The molecular formula is C34H50N14O10S2. The number of hydrogen-bond acceptors (Lipinski definition) is 22. The van der Waals surface area contributed by atoms with E-state index in [0.717, 1.165) is 12.1 Å². The number of aliphatic hydroxyl groups excluding tert-OH is 4. The Kier molecular flexibility index (Phi) is 18.0. The van der Waals surface area contributed by atoms with Crippen molar-refractivity contribution < 1.29 is 46.4 Å². The zero-order valence-electron chi connectivity index (χ0n) is 32.7. The minimum atomic E-state index is -4.87. The number of nitrogens with zero attached hydrogens (tertiary/aromatic N) is 6. The number of anilines is 8. The third-order valence-electron chi connectivity index (χ3n) is 7.67. The van der Waals surface area contributed by atoms with Gasteiger partial charge in [-0.2, -0.15) is 46.7 Å². The van der Waals surface area contributed by atoms with Crippen molar-refractivity contribution in [1.29, 1.82) is 0 Å². The first-order valence-electron chi connectivity index (χ1n) is 18.5. The summed E-state index contributed by atoms with van der Waals surface area (Å²) in [6.07, 6.45) is 1.01. The smallest absolute Gasteiger partial charge is 0.295 e. The average Bonchev–Trinajstić information content (AvgIpc) is 3.18. The maximum absolute atomic E-state index is 12.6. The van der Waals surface area contributed by atoms with E-state index in [1.54, 1.807) is 13.8 Å². The molecule has 60 heavy (non-hydrogen) atoms. The van der Waals surface area contributed by atoms with Crippen LogP contribution in [0.15, 0.2) is 46.2 Å². The fourth-order valence-corrected chi connectivity index (χ4v) is 6.40. The normalized spacial score (nSPS) is 12.9. The maximum Gasteiger partial charge on any atom is 0.295 e. The summed E-state index contributed by atoms with van der Waals surface area (Å²) < 4.78 is 70.7. The SMILES string of the molecule is CC(O)CNc1nc(NCCNCCO)nc(Nc2ccc(/C=C/c3ccc(Nc4nc(NCCNCCO)nc(NCC(C)O)n4)cc3S(=O)(=O)O)c(S(=O)(=O)O)c2)n1. The van der Waals surface area contributed by atoms with E-state index in [2.05, 4.69) is 72.4 Å². The van der Waals surface area contributed by atoms with Crippen LogP contribution < -0.4 is 42.5 Å². The minimum Gasteiger partial charge on any atom is -0.395 e. The van der Waals surface area contributed by atoms with E-state index in [-0.39, 0.29) is 84.5 Å². The van der Waals surface area contributed by atoms with E-state index in [9.17, 15) is 36.2 Å². The molecule has 328 valence electrons. The molecule has 0 aliphatic heterocycles. The van der Waals surface area contributed by atoms with E-state index in [1.807, 2.05) is 0 Å². The van der Waals surface area contributed by atoms with Gasteiger partial charge in [0, 0.05) is 63.7 Å². The van der Waals surface area contributed by atoms with Crippen molar-refractivity contribution in [1.82, 2.24) is 40.5 Å². The molecule has 0 spiro atoms. The van der Waals surface area contributed by atoms with Gasteiger partial charge in [0.2, 0.25) is 35.7 Å². The number of nitrogens with one attached hydrogen (secondary N) is 8. The zero-order chi connectivity index (χ0) is 43.7. The van der Waals surface area contributed by atoms with Crippen molar-refractivity contribution in [2.24, 2.45) is 0 Å².